The molecule has 0 saturated heterocycles. The van der Waals surface area contributed by atoms with Crippen LogP contribution in [0.1, 0.15) is 50.1 Å². The lowest BCUT2D eigenvalue weighted by Gasteiger charge is -2.36. The molecule has 2 aliphatic rings. The Kier molecular flexibility index (Phi) is 5.03. The van der Waals surface area contributed by atoms with Crippen molar-refractivity contribution in [2.45, 2.75) is 18.3 Å². The molecular formula is C31H24O4. The first kappa shape index (κ1) is 21.4. The summed E-state index contributed by atoms with van der Waals surface area (Å²) in [4.78, 5) is 27.5. The summed E-state index contributed by atoms with van der Waals surface area (Å²) in [5, 5.41) is 0. The van der Waals surface area contributed by atoms with Crippen LogP contribution in [-0.2, 0) is 0 Å². The van der Waals surface area contributed by atoms with E-state index in [0.717, 1.165) is 44.9 Å². The summed E-state index contributed by atoms with van der Waals surface area (Å²) in [5.41, 5.74) is 6.60. The minimum atomic E-state index is -0.320. The third-order valence-corrected chi connectivity index (χ3v) is 7.33. The average Bonchev–Trinajstić information content (AvgIpc) is 2.92. The number of Topliss-reactive ketones (excluding diaryl/α,β-unsaturated/α-hetero) is 2. The van der Waals surface area contributed by atoms with Gasteiger partial charge in [-0.05, 0) is 52.9 Å². The van der Waals surface area contributed by atoms with Gasteiger partial charge in [0.15, 0.2) is 11.6 Å². The van der Waals surface area contributed by atoms with E-state index in [1.807, 2.05) is 84.9 Å². The van der Waals surface area contributed by atoms with Gasteiger partial charge in [0, 0.05) is 34.1 Å². The van der Waals surface area contributed by atoms with E-state index >= 15 is 0 Å². The Morgan fingerprint density at radius 1 is 0.571 bits per heavy atom. The average molecular weight is 461 g/mol. The van der Waals surface area contributed by atoms with Crippen LogP contribution < -0.4 is 9.47 Å². The number of ketones is 2. The molecule has 6 rings (SSSR count). The molecule has 4 aromatic carbocycles. The molecule has 0 spiro atoms. The lowest BCUT2D eigenvalue weighted by Crippen LogP contribution is -2.34. The molecular weight excluding hydrogens is 436 g/mol. The van der Waals surface area contributed by atoms with Crippen molar-refractivity contribution in [3.8, 4) is 33.8 Å². The van der Waals surface area contributed by atoms with Gasteiger partial charge in [0.1, 0.15) is 11.5 Å². The fraction of sp³-hybridized carbons (Fsp3) is 0.161. The molecule has 0 N–H and O–H groups in total. The number of fused-ring (bicyclic) bond motifs is 6. The van der Waals surface area contributed by atoms with Crippen LogP contribution in [0.3, 0.4) is 0 Å². The highest BCUT2D eigenvalue weighted by Gasteiger charge is 2.44. The lowest BCUT2D eigenvalue weighted by molar-refractivity contribution is 0.0875. The molecule has 4 heteroatoms. The van der Waals surface area contributed by atoms with Gasteiger partial charge in [0.2, 0.25) is 0 Å². The molecule has 0 aliphatic heterocycles. The highest BCUT2D eigenvalue weighted by atomic mass is 16.5. The van der Waals surface area contributed by atoms with Gasteiger partial charge in [-0.2, -0.15) is 0 Å². The van der Waals surface area contributed by atoms with E-state index in [4.69, 9.17) is 9.47 Å². The number of para-hydroxylation sites is 2. The van der Waals surface area contributed by atoms with Crippen molar-refractivity contribution in [2.75, 3.05) is 14.2 Å². The third-order valence-electron chi connectivity index (χ3n) is 7.33. The van der Waals surface area contributed by atoms with Crippen molar-refractivity contribution in [1.82, 2.24) is 0 Å². The standard InChI is InChI=1S/C31H24O4/c1-34-28-9-5-3-7-20(28)18-11-13-22-24(15-18)30(32)27-17-26(22)31(33)25-16-19(12-14-23(25)27)21-8-4-6-10-29(21)35-2/h3-16,26-27H,17H2,1-2H3/t26-,27-/m1/s1. The summed E-state index contributed by atoms with van der Waals surface area (Å²) >= 11 is 0. The molecule has 0 fully saturated rings. The molecule has 35 heavy (non-hydrogen) atoms. The van der Waals surface area contributed by atoms with E-state index in [-0.39, 0.29) is 23.4 Å². The minimum Gasteiger partial charge on any atom is -0.496 e. The topological polar surface area (TPSA) is 52.6 Å². The second kappa shape index (κ2) is 8.24. The predicted molar refractivity (Wildman–Crippen MR) is 136 cm³/mol. The maximum absolute atomic E-state index is 13.7. The second-order valence-electron chi connectivity index (χ2n) is 9.07. The minimum absolute atomic E-state index is 0.0757. The molecule has 4 nitrogen and oxygen atoms in total. The van der Waals surface area contributed by atoms with E-state index in [1.165, 1.54) is 0 Å². The maximum Gasteiger partial charge on any atom is 0.170 e. The molecule has 0 aromatic heterocycles. The van der Waals surface area contributed by atoms with Crippen molar-refractivity contribution < 1.29 is 19.1 Å². The molecule has 2 aliphatic carbocycles. The molecule has 172 valence electrons. The van der Waals surface area contributed by atoms with E-state index in [0.29, 0.717) is 17.5 Å². The van der Waals surface area contributed by atoms with Crippen molar-refractivity contribution >= 4 is 11.6 Å². The summed E-state index contributed by atoms with van der Waals surface area (Å²) in [6.07, 6.45) is 0.527. The van der Waals surface area contributed by atoms with Crippen LogP contribution in [0, 0.1) is 0 Å². The van der Waals surface area contributed by atoms with E-state index < -0.39 is 0 Å². The highest BCUT2D eigenvalue weighted by Crippen LogP contribution is 2.48. The number of rotatable bonds is 4. The Labute approximate surface area is 204 Å². The van der Waals surface area contributed by atoms with Gasteiger partial charge in [-0.15, -0.1) is 0 Å². The summed E-state index contributed by atoms with van der Waals surface area (Å²) in [6, 6.07) is 27.2. The fourth-order valence-electron chi connectivity index (χ4n) is 5.61. The van der Waals surface area contributed by atoms with Crippen molar-refractivity contribution in [3.63, 3.8) is 0 Å². The monoisotopic (exact) mass is 460 g/mol. The number of methoxy groups -OCH3 is 2. The first-order valence-electron chi connectivity index (χ1n) is 11.7. The Bertz CT molecular complexity index is 1390. The van der Waals surface area contributed by atoms with E-state index in [1.54, 1.807) is 14.2 Å². The molecule has 4 aromatic rings. The van der Waals surface area contributed by atoms with E-state index in [9.17, 15) is 9.59 Å². The molecule has 2 bridgehead atoms. The molecule has 0 amide bonds. The number of hydrogen-bond acceptors (Lipinski definition) is 4. The molecule has 0 saturated carbocycles. The van der Waals surface area contributed by atoms with Gasteiger partial charge in [0.25, 0.3) is 0 Å². The van der Waals surface area contributed by atoms with Crippen molar-refractivity contribution in [2.24, 2.45) is 0 Å². The number of hydrogen-bond donors (Lipinski definition) is 0. The fourth-order valence-corrected chi connectivity index (χ4v) is 5.61. The van der Waals surface area contributed by atoms with Crippen LogP contribution in [0.15, 0.2) is 84.9 Å². The van der Waals surface area contributed by atoms with Crippen molar-refractivity contribution in [3.05, 3.63) is 107 Å². The summed E-state index contributed by atoms with van der Waals surface area (Å²) < 4.78 is 11.0. The van der Waals surface area contributed by atoms with Crippen LogP contribution in [0.2, 0.25) is 0 Å². The third kappa shape index (κ3) is 3.28. The second-order valence-corrected chi connectivity index (χ2v) is 9.07. The summed E-state index contributed by atoms with van der Waals surface area (Å²) in [5.74, 6) is 1.01. The van der Waals surface area contributed by atoms with Crippen LogP contribution in [0.5, 0.6) is 11.5 Å². The van der Waals surface area contributed by atoms with Gasteiger partial charge >= 0.3 is 0 Å². The molecule has 0 heterocycles. The highest BCUT2D eigenvalue weighted by molar-refractivity contribution is 6.14. The quantitative estimate of drug-likeness (QED) is 0.341. The van der Waals surface area contributed by atoms with Crippen LogP contribution >= 0.6 is 0 Å². The number of carbonyl (C=O) groups is 2. The zero-order valence-electron chi connectivity index (χ0n) is 19.6. The number of ether oxygens (including phenoxy) is 2. The SMILES string of the molecule is COc1ccccc1-c1ccc2c(c1)C(=O)[C@@H]1C[C@H]2C(=O)c2cc(-c3ccccc3OC)ccc21. The zero-order chi connectivity index (χ0) is 24.1. The largest absolute Gasteiger partial charge is 0.496 e. The van der Waals surface area contributed by atoms with E-state index in [2.05, 4.69) is 0 Å². The van der Waals surface area contributed by atoms with Gasteiger partial charge in [0.05, 0.1) is 14.2 Å². The van der Waals surface area contributed by atoms with Crippen LogP contribution in [0.25, 0.3) is 22.3 Å². The summed E-state index contributed by atoms with van der Waals surface area (Å²) in [6.45, 7) is 0. The first-order valence-corrected chi connectivity index (χ1v) is 11.7. The molecule has 0 radical (unpaired) electrons. The van der Waals surface area contributed by atoms with Crippen LogP contribution in [-0.4, -0.2) is 25.8 Å². The van der Waals surface area contributed by atoms with Gasteiger partial charge in [-0.25, -0.2) is 0 Å². The Balaban J connectivity index is 1.45. The normalized spacial score (nSPS) is 18.0. The lowest BCUT2D eigenvalue weighted by atomic mass is 9.65. The number of carbonyl (C=O) groups excluding carboxylic acids is 2. The summed E-state index contributed by atoms with van der Waals surface area (Å²) in [7, 11) is 3.28. The smallest absolute Gasteiger partial charge is 0.170 e. The van der Waals surface area contributed by atoms with Gasteiger partial charge in [-0.1, -0.05) is 60.7 Å². The first-order chi connectivity index (χ1) is 17.1. The predicted octanol–water partition coefficient (Wildman–Crippen LogP) is 6.69. The zero-order valence-corrected chi connectivity index (χ0v) is 19.6. The molecule has 2 atom stereocenters. The Hall–Kier alpha value is -4.18. The van der Waals surface area contributed by atoms with Crippen molar-refractivity contribution in [1.29, 1.82) is 0 Å². The Morgan fingerprint density at radius 2 is 1.00 bits per heavy atom. The Morgan fingerprint density at radius 3 is 1.43 bits per heavy atom. The van der Waals surface area contributed by atoms with Gasteiger partial charge in [-0.3, -0.25) is 9.59 Å². The maximum atomic E-state index is 13.7. The number of benzene rings is 4. The molecule has 0 unspecified atom stereocenters. The van der Waals surface area contributed by atoms with Crippen LogP contribution in [0.4, 0.5) is 0 Å². The van der Waals surface area contributed by atoms with Gasteiger partial charge < -0.3 is 9.47 Å².